The number of amides is 1. The highest BCUT2D eigenvalue weighted by molar-refractivity contribution is 5.93. The second kappa shape index (κ2) is 7.99. The normalized spacial score (nSPS) is 10.2. The highest BCUT2D eigenvalue weighted by Gasteiger charge is 2.07. The first-order valence-corrected chi connectivity index (χ1v) is 7.01. The molecule has 0 aliphatic carbocycles. The van der Waals surface area contributed by atoms with Gasteiger partial charge in [-0.05, 0) is 36.4 Å². The van der Waals surface area contributed by atoms with E-state index in [2.05, 4.69) is 10.1 Å². The molecule has 0 aliphatic rings. The summed E-state index contributed by atoms with van der Waals surface area (Å²) in [6.45, 7) is 1.39. The zero-order valence-corrected chi connectivity index (χ0v) is 12.4. The molecule has 0 saturated carbocycles. The predicted octanol–water partition coefficient (Wildman–Crippen LogP) is 1.16. The van der Waals surface area contributed by atoms with Gasteiger partial charge in [0.1, 0.15) is 6.54 Å². The summed E-state index contributed by atoms with van der Waals surface area (Å²) in [5, 5.41) is 4.80. The van der Waals surface area contributed by atoms with E-state index in [0.29, 0.717) is 30.8 Å². The fraction of sp³-hybridized carbons (Fsp3) is 0.250. The monoisotopic (exact) mass is 303 g/mol. The van der Waals surface area contributed by atoms with Crippen molar-refractivity contribution in [3.63, 3.8) is 0 Å². The zero-order chi connectivity index (χ0) is 15.8. The molecule has 22 heavy (non-hydrogen) atoms. The van der Waals surface area contributed by atoms with Crippen LogP contribution in [0.4, 0.5) is 5.69 Å². The van der Waals surface area contributed by atoms with E-state index in [1.807, 2.05) is 17.4 Å². The second-order valence-electron chi connectivity index (χ2n) is 4.73. The quantitative estimate of drug-likeness (QED) is 0.594. The van der Waals surface area contributed by atoms with Gasteiger partial charge in [0.05, 0.1) is 31.9 Å². The molecule has 2 rings (SSSR count). The molecule has 0 aliphatic heterocycles. The summed E-state index contributed by atoms with van der Waals surface area (Å²) < 4.78 is 9.82. The van der Waals surface area contributed by atoms with Crippen molar-refractivity contribution in [2.24, 2.45) is 0 Å². The lowest BCUT2D eigenvalue weighted by Gasteiger charge is -2.05. The van der Waals surface area contributed by atoms with Gasteiger partial charge in [0.2, 0.25) is 5.91 Å². The molecule has 0 saturated heterocycles. The van der Waals surface area contributed by atoms with Crippen molar-refractivity contribution in [3.8, 4) is 0 Å². The number of anilines is 1. The molecule has 116 valence electrons. The van der Waals surface area contributed by atoms with Crippen LogP contribution < -0.4 is 10.6 Å². The molecule has 0 bridgehead atoms. The van der Waals surface area contributed by atoms with Gasteiger partial charge in [0.15, 0.2) is 5.76 Å². The van der Waals surface area contributed by atoms with Crippen LogP contribution in [0.5, 0.6) is 0 Å². The Balaban J connectivity index is 1.71. The van der Waals surface area contributed by atoms with Crippen molar-refractivity contribution in [3.05, 3.63) is 54.0 Å². The van der Waals surface area contributed by atoms with Crippen molar-refractivity contribution in [2.75, 3.05) is 19.0 Å². The maximum absolute atomic E-state index is 11.8. The first kappa shape index (κ1) is 15.8. The van der Waals surface area contributed by atoms with Gasteiger partial charge in [0.25, 0.3) is 0 Å². The molecule has 3 N–H and O–H groups in total. The van der Waals surface area contributed by atoms with Crippen LogP contribution in [0.1, 0.15) is 22.5 Å². The maximum Gasteiger partial charge on any atom is 0.337 e. The van der Waals surface area contributed by atoms with Crippen LogP contribution in [0.2, 0.25) is 0 Å². The number of benzene rings is 1. The van der Waals surface area contributed by atoms with Gasteiger partial charge in [-0.3, -0.25) is 4.79 Å². The number of nitrogens with one attached hydrogen (secondary N) is 1. The Morgan fingerprint density at radius 3 is 2.64 bits per heavy atom. The molecule has 1 aromatic carbocycles. The number of nitrogens with two attached hydrogens (primary N) is 1. The van der Waals surface area contributed by atoms with Crippen LogP contribution in [0.3, 0.4) is 0 Å². The van der Waals surface area contributed by atoms with Gasteiger partial charge >= 0.3 is 5.97 Å². The Bertz CT molecular complexity index is 606. The van der Waals surface area contributed by atoms with Crippen molar-refractivity contribution in [2.45, 2.75) is 13.0 Å². The fourth-order valence-electron chi connectivity index (χ4n) is 1.94. The van der Waals surface area contributed by atoms with Gasteiger partial charge in [0, 0.05) is 5.69 Å². The average molecular weight is 303 g/mol. The summed E-state index contributed by atoms with van der Waals surface area (Å²) in [5.74, 6) is 0.422. The maximum atomic E-state index is 11.8. The summed E-state index contributed by atoms with van der Waals surface area (Å²) in [7, 11) is 1.33. The standard InChI is InChI=1S/C16H18N2O4/c1-21-16(20)12-4-6-13(7-5-12)18-15(19)8-9-17-11-14-3-2-10-22-14/h2-7,10,17H,8-9,11H2,1H3,(H,18,19)/p+1. The Hall–Kier alpha value is -2.60. The van der Waals surface area contributed by atoms with Crippen molar-refractivity contribution in [1.82, 2.24) is 0 Å². The minimum atomic E-state index is -0.398. The summed E-state index contributed by atoms with van der Waals surface area (Å²) >= 11 is 0. The van der Waals surface area contributed by atoms with E-state index in [1.54, 1.807) is 30.5 Å². The Morgan fingerprint density at radius 2 is 2.00 bits per heavy atom. The van der Waals surface area contributed by atoms with Crippen LogP contribution in [0, 0.1) is 0 Å². The molecule has 1 amide bonds. The number of methoxy groups -OCH3 is 1. The van der Waals surface area contributed by atoms with Gasteiger partial charge in [-0.25, -0.2) is 4.79 Å². The minimum Gasteiger partial charge on any atom is -0.465 e. The lowest BCUT2D eigenvalue weighted by atomic mass is 10.2. The first-order chi connectivity index (χ1) is 10.7. The molecule has 1 heterocycles. The first-order valence-electron chi connectivity index (χ1n) is 7.01. The van der Waals surface area contributed by atoms with E-state index in [1.165, 1.54) is 7.11 Å². The van der Waals surface area contributed by atoms with E-state index in [9.17, 15) is 9.59 Å². The Kier molecular flexibility index (Phi) is 5.73. The third kappa shape index (κ3) is 4.75. The molecule has 1 aromatic heterocycles. The summed E-state index contributed by atoms with van der Waals surface area (Å²) in [4.78, 5) is 23.1. The molecular formula is C16H19N2O4+. The van der Waals surface area contributed by atoms with E-state index in [0.717, 1.165) is 5.76 Å². The number of rotatable bonds is 7. The lowest BCUT2D eigenvalue weighted by Crippen LogP contribution is -2.82. The number of carbonyl (C=O) groups excluding carboxylic acids is 2. The number of hydrogen-bond donors (Lipinski definition) is 2. The average Bonchev–Trinajstić information content (AvgIpc) is 3.05. The lowest BCUT2D eigenvalue weighted by molar-refractivity contribution is -0.671. The van der Waals surface area contributed by atoms with Crippen LogP contribution >= 0.6 is 0 Å². The number of carbonyl (C=O) groups is 2. The van der Waals surface area contributed by atoms with Crippen LogP contribution in [-0.4, -0.2) is 25.5 Å². The van der Waals surface area contributed by atoms with Crippen LogP contribution in [0.15, 0.2) is 47.1 Å². The summed E-state index contributed by atoms with van der Waals surface area (Å²) in [6.07, 6.45) is 2.04. The van der Waals surface area contributed by atoms with Crippen LogP contribution in [0.25, 0.3) is 0 Å². The van der Waals surface area contributed by atoms with Crippen molar-refractivity contribution >= 4 is 17.6 Å². The predicted molar refractivity (Wildman–Crippen MR) is 80.2 cm³/mol. The van der Waals surface area contributed by atoms with Crippen LogP contribution in [-0.2, 0) is 16.1 Å². The molecule has 0 unspecified atom stereocenters. The zero-order valence-electron chi connectivity index (χ0n) is 12.4. The fourth-order valence-corrected chi connectivity index (χ4v) is 1.94. The summed E-state index contributed by atoms with van der Waals surface area (Å²) in [6, 6.07) is 10.3. The minimum absolute atomic E-state index is 0.0680. The van der Waals surface area contributed by atoms with Gasteiger partial charge < -0.3 is 19.8 Å². The van der Waals surface area contributed by atoms with Gasteiger partial charge in [-0.15, -0.1) is 0 Å². The second-order valence-corrected chi connectivity index (χ2v) is 4.73. The SMILES string of the molecule is COC(=O)c1ccc(NC(=O)CC[NH2+]Cc2ccco2)cc1. The Morgan fingerprint density at radius 1 is 1.23 bits per heavy atom. The smallest absolute Gasteiger partial charge is 0.337 e. The van der Waals surface area contributed by atoms with E-state index in [-0.39, 0.29) is 5.91 Å². The third-order valence-electron chi connectivity index (χ3n) is 3.09. The molecule has 0 fully saturated rings. The number of furan rings is 1. The number of esters is 1. The van der Waals surface area contributed by atoms with E-state index >= 15 is 0 Å². The topological polar surface area (TPSA) is 85.1 Å². The molecule has 0 spiro atoms. The van der Waals surface area contributed by atoms with Crippen molar-refractivity contribution < 1.29 is 24.1 Å². The van der Waals surface area contributed by atoms with E-state index in [4.69, 9.17) is 4.42 Å². The third-order valence-corrected chi connectivity index (χ3v) is 3.09. The highest BCUT2D eigenvalue weighted by atomic mass is 16.5. The Labute approximate surface area is 128 Å². The molecule has 2 aromatic rings. The number of ether oxygens (including phenoxy) is 1. The van der Waals surface area contributed by atoms with E-state index < -0.39 is 5.97 Å². The largest absolute Gasteiger partial charge is 0.465 e. The number of quaternary nitrogens is 1. The molecule has 6 nitrogen and oxygen atoms in total. The van der Waals surface area contributed by atoms with Gasteiger partial charge in [-0.2, -0.15) is 0 Å². The highest BCUT2D eigenvalue weighted by Crippen LogP contribution is 2.10. The summed E-state index contributed by atoms with van der Waals surface area (Å²) in [5.41, 5.74) is 1.11. The molecule has 0 atom stereocenters. The molecule has 0 radical (unpaired) electrons. The van der Waals surface area contributed by atoms with Crippen molar-refractivity contribution in [1.29, 1.82) is 0 Å². The number of hydrogen-bond acceptors (Lipinski definition) is 4. The van der Waals surface area contributed by atoms with Gasteiger partial charge in [-0.1, -0.05) is 0 Å². The molecular weight excluding hydrogens is 284 g/mol. The molecule has 6 heteroatoms.